The summed E-state index contributed by atoms with van der Waals surface area (Å²) >= 11 is 0. The van der Waals surface area contributed by atoms with Crippen LogP contribution in [0.3, 0.4) is 0 Å². The van der Waals surface area contributed by atoms with Crippen molar-refractivity contribution in [3.05, 3.63) is 29.6 Å². The molecule has 7 heteroatoms. The first kappa shape index (κ1) is 16.2. The van der Waals surface area contributed by atoms with Crippen molar-refractivity contribution in [2.24, 2.45) is 0 Å². The maximum Gasteiger partial charge on any atom is 0.264 e. The van der Waals surface area contributed by atoms with Crippen LogP contribution in [0.2, 0.25) is 0 Å². The first-order chi connectivity index (χ1) is 9.84. The highest BCUT2D eigenvalue weighted by Crippen LogP contribution is 2.26. The summed E-state index contributed by atoms with van der Waals surface area (Å²) in [5, 5.41) is 0. The van der Waals surface area contributed by atoms with E-state index in [-0.39, 0.29) is 17.5 Å². The Labute approximate surface area is 128 Å². The van der Waals surface area contributed by atoms with E-state index in [1.807, 2.05) is 6.92 Å². The van der Waals surface area contributed by atoms with Crippen molar-refractivity contribution >= 4 is 25.6 Å². The molecule has 1 fully saturated rings. The van der Waals surface area contributed by atoms with Gasteiger partial charge in [0.1, 0.15) is 10.7 Å². The topological polar surface area (TPSA) is 54.5 Å². The van der Waals surface area contributed by atoms with Gasteiger partial charge in [0, 0.05) is 28.8 Å². The van der Waals surface area contributed by atoms with Crippen LogP contribution >= 0.6 is 10.7 Å². The quantitative estimate of drug-likeness (QED) is 0.795. The molecule has 0 spiro atoms. The van der Waals surface area contributed by atoms with Crippen LogP contribution < -0.4 is 0 Å². The number of rotatable bonds is 4. The van der Waals surface area contributed by atoms with E-state index in [4.69, 9.17) is 10.7 Å². The van der Waals surface area contributed by atoms with Crippen molar-refractivity contribution in [1.29, 1.82) is 0 Å². The van der Waals surface area contributed by atoms with Crippen molar-refractivity contribution in [1.82, 2.24) is 4.90 Å². The maximum absolute atomic E-state index is 13.5. The fourth-order valence-corrected chi connectivity index (χ4v) is 3.70. The largest absolute Gasteiger partial charge is 0.336 e. The standard InChI is InChI=1S/C14H17ClFNO3S/c1-2-17(11-5-3-4-6-11)14(18)10-7-8-12(16)13(9-10)21(15,19)20/h7-9,11H,2-6H2,1H3. The molecule has 0 heterocycles. The molecule has 1 aromatic carbocycles. The zero-order chi connectivity index (χ0) is 15.6. The number of amides is 1. The van der Waals surface area contributed by atoms with Gasteiger partial charge in [0.15, 0.2) is 0 Å². The summed E-state index contributed by atoms with van der Waals surface area (Å²) in [6.45, 7) is 2.41. The Morgan fingerprint density at radius 1 is 1.38 bits per heavy atom. The molecular formula is C14H17ClFNO3S. The van der Waals surface area contributed by atoms with Gasteiger partial charge in [-0.15, -0.1) is 0 Å². The molecular weight excluding hydrogens is 317 g/mol. The molecule has 1 aliphatic rings. The van der Waals surface area contributed by atoms with Gasteiger partial charge in [0.25, 0.3) is 15.0 Å². The number of carbonyl (C=O) groups excluding carboxylic acids is 1. The number of benzene rings is 1. The van der Waals surface area contributed by atoms with E-state index < -0.39 is 19.8 Å². The normalized spacial score (nSPS) is 16.1. The highest BCUT2D eigenvalue weighted by atomic mass is 35.7. The van der Waals surface area contributed by atoms with Crippen LogP contribution in [0.4, 0.5) is 4.39 Å². The number of hydrogen-bond acceptors (Lipinski definition) is 3. The molecule has 116 valence electrons. The van der Waals surface area contributed by atoms with Crippen LogP contribution in [0.15, 0.2) is 23.1 Å². The van der Waals surface area contributed by atoms with Crippen molar-refractivity contribution in [2.45, 2.75) is 43.5 Å². The van der Waals surface area contributed by atoms with Crippen LogP contribution in [0.25, 0.3) is 0 Å². The second-order valence-electron chi connectivity index (χ2n) is 5.11. The van der Waals surface area contributed by atoms with E-state index >= 15 is 0 Å². The second-order valence-corrected chi connectivity index (χ2v) is 7.65. The van der Waals surface area contributed by atoms with Gasteiger partial charge in [0.2, 0.25) is 0 Å². The Bertz CT molecular complexity index is 642. The third-order valence-electron chi connectivity index (χ3n) is 3.81. The van der Waals surface area contributed by atoms with Gasteiger partial charge in [-0.2, -0.15) is 0 Å². The molecule has 0 radical (unpaired) electrons. The lowest BCUT2D eigenvalue weighted by atomic mass is 10.1. The summed E-state index contributed by atoms with van der Waals surface area (Å²) in [4.78, 5) is 13.6. The highest BCUT2D eigenvalue weighted by molar-refractivity contribution is 8.13. The average Bonchev–Trinajstić information content (AvgIpc) is 2.92. The SMILES string of the molecule is CCN(C(=O)c1ccc(F)c(S(=O)(=O)Cl)c1)C1CCCC1. The molecule has 0 atom stereocenters. The highest BCUT2D eigenvalue weighted by Gasteiger charge is 2.27. The van der Waals surface area contributed by atoms with E-state index in [9.17, 15) is 17.6 Å². The van der Waals surface area contributed by atoms with Gasteiger partial charge in [0.05, 0.1) is 0 Å². The van der Waals surface area contributed by atoms with Crippen molar-refractivity contribution in [3.63, 3.8) is 0 Å². The summed E-state index contributed by atoms with van der Waals surface area (Å²) in [5.41, 5.74) is 0.143. The third kappa shape index (κ3) is 3.55. The summed E-state index contributed by atoms with van der Waals surface area (Å²) in [6.07, 6.45) is 4.06. The van der Waals surface area contributed by atoms with Gasteiger partial charge in [-0.3, -0.25) is 4.79 Å². The molecule has 0 unspecified atom stereocenters. The Kier molecular flexibility index (Phi) is 4.88. The Morgan fingerprint density at radius 2 is 2.00 bits per heavy atom. The Morgan fingerprint density at radius 3 is 2.52 bits per heavy atom. The van der Waals surface area contributed by atoms with Crippen LogP contribution in [-0.2, 0) is 9.05 Å². The van der Waals surface area contributed by atoms with Crippen molar-refractivity contribution in [2.75, 3.05) is 6.54 Å². The molecule has 1 amide bonds. The first-order valence-corrected chi connectivity index (χ1v) is 9.20. The zero-order valence-electron chi connectivity index (χ0n) is 11.7. The first-order valence-electron chi connectivity index (χ1n) is 6.89. The minimum atomic E-state index is -4.21. The van der Waals surface area contributed by atoms with Crippen LogP contribution in [0.1, 0.15) is 43.0 Å². The minimum Gasteiger partial charge on any atom is -0.336 e. The van der Waals surface area contributed by atoms with E-state index in [2.05, 4.69) is 0 Å². The molecule has 2 rings (SSSR count). The summed E-state index contributed by atoms with van der Waals surface area (Å²) in [7, 11) is 0.974. The van der Waals surface area contributed by atoms with Crippen molar-refractivity contribution < 1.29 is 17.6 Å². The van der Waals surface area contributed by atoms with Crippen LogP contribution in [0.5, 0.6) is 0 Å². The van der Waals surface area contributed by atoms with E-state index in [0.29, 0.717) is 6.54 Å². The molecule has 1 saturated carbocycles. The molecule has 0 aromatic heterocycles. The monoisotopic (exact) mass is 333 g/mol. The number of nitrogens with zero attached hydrogens (tertiary/aromatic N) is 1. The minimum absolute atomic E-state index is 0.143. The maximum atomic E-state index is 13.5. The fourth-order valence-electron chi connectivity index (χ4n) is 2.77. The molecule has 1 aliphatic carbocycles. The second kappa shape index (κ2) is 6.32. The molecule has 21 heavy (non-hydrogen) atoms. The van der Waals surface area contributed by atoms with Gasteiger partial charge in [-0.25, -0.2) is 12.8 Å². The molecule has 0 bridgehead atoms. The predicted octanol–water partition coefficient (Wildman–Crippen LogP) is 3.16. The molecule has 0 N–H and O–H groups in total. The summed E-state index contributed by atoms with van der Waals surface area (Å²) < 4.78 is 36.2. The molecule has 0 saturated heterocycles. The van der Waals surface area contributed by atoms with E-state index in [1.165, 1.54) is 6.07 Å². The lowest BCUT2D eigenvalue weighted by Gasteiger charge is -2.27. The molecule has 0 aliphatic heterocycles. The summed E-state index contributed by atoms with van der Waals surface area (Å²) in [5.74, 6) is -1.24. The summed E-state index contributed by atoms with van der Waals surface area (Å²) in [6, 6.07) is 3.44. The van der Waals surface area contributed by atoms with Crippen molar-refractivity contribution in [3.8, 4) is 0 Å². The number of hydrogen-bond donors (Lipinski definition) is 0. The van der Waals surface area contributed by atoms with Gasteiger partial charge >= 0.3 is 0 Å². The molecule has 4 nitrogen and oxygen atoms in total. The smallest absolute Gasteiger partial charge is 0.264 e. The van der Waals surface area contributed by atoms with Gasteiger partial charge in [-0.1, -0.05) is 12.8 Å². The molecule has 1 aromatic rings. The zero-order valence-corrected chi connectivity index (χ0v) is 13.3. The van der Waals surface area contributed by atoms with E-state index in [1.54, 1.807) is 4.90 Å². The average molecular weight is 334 g/mol. The lowest BCUT2D eigenvalue weighted by Crippen LogP contribution is -2.38. The lowest BCUT2D eigenvalue weighted by molar-refractivity contribution is 0.0693. The van der Waals surface area contributed by atoms with Gasteiger partial charge in [-0.05, 0) is 38.0 Å². The van der Waals surface area contributed by atoms with Crippen LogP contribution in [0, 0.1) is 5.82 Å². The Balaban J connectivity index is 2.34. The van der Waals surface area contributed by atoms with E-state index in [0.717, 1.165) is 37.8 Å². The fraction of sp³-hybridized carbons (Fsp3) is 0.500. The third-order valence-corrected chi connectivity index (χ3v) is 5.14. The number of halogens is 2. The van der Waals surface area contributed by atoms with Crippen LogP contribution in [-0.4, -0.2) is 31.8 Å². The Hall–Kier alpha value is -1.14. The predicted molar refractivity (Wildman–Crippen MR) is 78.4 cm³/mol. The number of carbonyl (C=O) groups is 1. The van der Waals surface area contributed by atoms with Gasteiger partial charge < -0.3 is 4.90 Å².